The number of ether oxygens (including phenoxy) is 1. The predicted octanol–water partition coefficient (Wildman–Crippen LogP) is 5.08. The van der Waals surface area contributed by atoms with Gasteiger partial charge in [0.25, 0.3) is 5.91 Å². The summed E-state index contributed by atoms with van der Waals surface area (Å²) in [5, 5.41) is 11.2. The number of carbonyl (C=O) groups is 1. The summed E-state index contributed by atoms with van der Waals surface area (Å²) in [6, 6.07) is 13.6. The van der Waals surface area contributed by atoms with Gasteiger partial charge in [-0.15, -0.1) is 22.7 Å². The van der Waals surface area contributed by atoms with Crippen LogP contribution in [-0.2, 0) is 11.3 Å². The fourth-order valence-electron chi connectivity index (χ4n) is 3.38. The molecule has 0 unspecified atom stereocenters. The highest BCUT2D eigenvalue weighted by molar-refractivity contribution is 7.21. The highest BCUT2D eigenvalue weighted by atomic mass is 32.1. The van der Waals surface area contributed by atoms with Gasteiger partial charge in [-0.3, -0.25) is 9.48 Å². The Hall–Kier alpha value is -3.23. The van der Waals surface area contributed by atoms with Gasteiger partial charge in [0.15, 0.2) is 6.61 Å². The average molecular weight is 435 g/mol. The van der Waals surface area contributed by atoms with Crippen molar-refractivity contribution in [2.75, 3.05) is 11.9 Å². The normalized spacial score (nSPS) is 11.2. The Morgan fingerprint density at radius 2 is 2.13 bits per heavy atom. The third kappa shape index (κ3) is 3.67. The standard InChI is InChI=1S/C22H18N4O2S2/c1-14-24-21-19(30-14)11-18(16-7-10-29-22(16)21)28-13-20(27)25-17-6-3-2-5-15(17)12-26-9-4-8-23-26/h2-11H,12-13H2,1H3,(H,25,27). The Balaban J connectivity index is 1.33. The minimum atomic E-state index is -0.202. The zero-order valence-electron chi connectivity index (χ0n) is 16.2. The molecule has 6 nitrogen and oxygen atoms in total. The lowest BCUT2D eigenvalue weighted by Gasteiger charge is -2.12. The molecule has 0 aliphatic rings. The van der Waals surface area contributed by atoms with Crippen molar-refractivity contribution < 1.29 is 9.53 Å². The first kappa shape index (κ1) is 18.8. The van der Waals surface area contributed by atoms with Crippen LogP contribution in [0.5, 0.6) is 5.75 Å². The van der Waals surface area contributed by atoms with Gasteiger partial charge in [0.2, 0.25) is 0 Å². The van der Waals surface area contributed by atoms with E-state index in [2.05, 4.69) is 15.4 Å². The number of carbonyl (C=O) groups excluding carboxylic acids is 1. The van der Waals surface area contributed by atoms with Crippen molar-refractivity contribution in [1.82, 2.24) is 14.8 Å². The van der Waals surface area contributed by atoms with Gasteiger partial charge >= 0.3 is 0 Å². The van der Waals surface area contributed by atoms with E-state index in [0.29, 0.717) is 12.3 Å². The number of nitrogens with zero attached hydrogens (tertiary/aromatic N) is 3. The van der Waals surface area contributed by atoms with Gasteiger partial charge in [-0.25, -0.2) is 4.98 Å². The average Bonchev–Trinajstić information content (AvgIpc) is 3.47. The molecule has 0 bridgehead atoms. The van der Waals surface area contributed by atoms with E-state index in [1.807, 2.05) is 65.6 Å². The number of thiophene rings is 1. The van der Waals surface area contributed by atoms with Gasteiger partial charge in [-0.05, 0) is 36.1 Å². The summed E-state index contributed by atoms with van der Waals surface area (Å²) >= 11 is 3.27. The smallest absolute Gasteiger partial charge is 0.262 e. The Labute approximate surface area is 180 Å². The molecule has 0 spiro atoms. The van der Waals surface area contributed by atoms with Crippen LogP contribution in [0.2, 0.25) is 0 Å². The zero-order valence-corrected chi connectivity index (χ0v) is 17.8. The SMILES string of the molecule is Cc1nc2c(cc(OCC(=O)Nc3ccccc3Cn3cccn3)c3ccsc32)s1. The Morgan fingerprint density at radius 3 is 3.00 bits per heavy atom. The molecule has 0 saturated carbocycles. The van der Waals surface area contributed by atoms with Gasteiger partial charge in [-0.1, -0.05) is 18.2 Å². The first-order valence-electron chi connectivity index (χ1n) is 9.43. The second-order valence-corrected chi connectivity index (χ2v) is 8.97. The van der Waals surface area contributed by atoms with Crippen LogP contribution < -0.4 is 10.1 Å². The molecule has 8 heteroatoms. The largest absolute Gasteiger partial charge is 0.483 e. The molecule has 0 aliphatic carbocycles. The predicted molar refractivity (Wildman–Crippen MR) is 122 cm³/mol. The number of nitrogens with one attached hydrogen (secondary N) is 1. The topological polar surface area (TPSA) is 69.0 Å². The molecule has 30 heavy (non-hydrogen) atoms. The van der Waals surface area contributed by atoms with E-state index >= 15 is 0 Å². The molecule has 0 aliphatic heterocycles. The molecule has 150 valence electrons. The van der Waals surface area contributed by atoms with E-state index in [9.17, 15) is 4.79 Å². The first-order chi connectivity index (χ1) is 14.7. The number of para-hydroxylation sites is 1. The summed E-state index contributed by atoms with van der Waals surface area (Å²) < 4.78 is 9.92. The number of hydrogen-bond donors (Lipinski definition) is 1. The van der Waals surface area contributed by atoms with Gasteiger partial charge in [0.05, 0.1) is 26.5 Å². The monoisotopic (exact) mass is 434 g/mol. The maximum atomic E-state index is 12.6. The van der Waals surface area contributed by atoms with Crippen LogP contribution in [0.1, 0.15) is 10.6 Å². The first-order valence-corrected chi connectivity index (χ1v) is 11.1. The van der Waals surface area contributed by atoms with E-state index in [0.717, 1.165) is 36.6 Å². The number of fused-ring (bicyclic) bond motifs is 3. The lowest BCUT2D eigenvalue weighted by Crippen LogP contribution is -2.21. The van der Waals surface area contributed by atoms with Crippen LogP contribution in [0.25, 0.3) is 20.3 Å². The van der Waals surface area contributed by atoms with Crippen molar-refractivity contribution in [2.45, 2.75) is 13.5 Å². The van der Waals surface area contributed by atoms with Gasteiger partial charge in [0.1, 0.15) is 5.75 Å². The van der Waals surface area contributed by atoms with Crippen molar-refractivity contribution in [3.8, 4) is 5.75 Å². The molecule has 3 heterocycles. The lowest BCUT2D eigenvalue weighted by molar-refractivity contribution is -0.118. The van der Waals surface area contributed by atoms with Crippen LogP contribution in [0, 0.1) is 6.92 Å². The number of anilines is 1. The highest BCUT2D eigenvalue weighted by Crippen LogP contribution is 2.38. The third-order valence-corrected chi connectivity index (χ3v) is 6.55. The van der Waals surface area contributed by atoms with Crippen LogP contribution in [-0.4, -0.2) is 27.3 Å². The fourth-order valence-corrected chi connectivity index (χ4v) is 5.22. The van der Waals surface area contributed by atoms with Gasteiger partial charge in [-0.2, -0.15) is 5.10 Å². The molecule has 2 aromatic carbocycles. The summed E-state index contributed by atoms with van der Waals surface area (Å²) in [6.07, 6.45) is 3.63. The summed E-state index contributed by atoms with van der Waals surface area (Å²) in [7, 11) is 0. The van der Waals surface area contributed by atoms with Crippen molar-refractivity contribution in [3.05, 3.63) is 70.8 Å². The molecular weight excluding hydrogens is 416 g/mol. The van der Waals surface area contributed by atoms with E-state index in [-0.39, 0.29) is 12.5 Å². The molecule has 3 aromatic heterocycles. The molecule has 5 aromatic rings. The maximum absolute atomic E-state index is 12.6. The van der Waals surface area contributed by atoms with Crippen molar-refractivity contribution >= 4 is 54.6 Å². The zero-order chi connectivity index (χ0) is 20.5. The minimum Gasteiger partial charge on any atom is -0.483 e. The molecule has 0 atom stereocenters. The van der Waals surface area contributed by atoms with Crippen LogP contribution >= 0.6 is 22.7 Å². The number of aromatic nitrogens is 3. The van der Waals surface area contributed by atoms with Gasteiger partial charge < -0.3 is 10.1 Å². The van der Waals surface area contributed by atoms with Crippen molar-refractivity contribution in [3.63, 3.8) is 0 Å². The number of amides is 1. The van der Waals surface area contributed by atoms with Crippen molar-refractivity contribution in [1.29, 1.82) is 0 Å². The van der Waals surface area contributed by atoms with E-state index in [1.165, 1.54) is 0 Å². The van der Waals surface area contributed by atoms with Crippen LogP contribution in [0.3, 0.4) is 0 Å². The Kier molecular flexibility index (Phi) is 4.94. The quantitative estimate of drug-likeness (QED) is 0.405. The minimum absolute atomic E-state index is 0.0651. The molecule has 1 amide bonds. The van der Waals surface area contributed by atoms with E-state index < -0.39 is 0 Å². The number of benzene rings is 2. The van der Waals surface area contributed by atoms with E-state index in [1.54, 1.807) is 28.9 Å². The van der Waals surface area contributed by atoms with Crippen LogP contribution in [0.4, 0.5) is 5.69 Å². The summed E-state index contributed by atoms with van der Waals surface area (Å²) in [5.41, 5.74) is 2.75. The number of hydrogen-bond acceptors (Lipinski definition) is 6. The fraction of sp³-hybridized carbons (Fsp3) is 0.136. The molecule has 0 radical (unpaired) electrons. The van der Waals surface area contributed by atoms with Gasteiger partial charge in [0, 0.05) is 29.5 Å². The maximum Gasteiger partial charge on any atom is 0.262 e. The molecule has 0 fully saturated rings. The third-order valence-electron chi connectivity index (χ3n) is 4.71. The van der Waals surface area contributed by atoms with Crippen LogP contribution in [0.15, 0.2) is 60.2 Å². The molecule has 5 rings (SSSR count). The number of rotatable bonds is 6. The number of aryl methyl sites for hydroxylation is 1. The second-order valence-electron chi connectivity index (χ2n) is 6.82. The van der Waals surface area contributed by atoms with E-state index in [4.69, 9.17) is 4.74 Å². The van der Waals surface area contributed by atoms with Crippen molar-refractivity contribution in [2.24, 2.45) is 0 Å². The summed E-state index contributed by atoms with van der Waals surface area (Å²) in [4.78, 5) is 17.2. The molecular formula is C22H18N4O2S2. The molecule has 0 saturated heterocycles. The second kappa shape index (κ2) is 7.89. The summed E-state index contributed by atoms with van der Waals surface area (Å²) in [5.74, 6) is 0.509. The summed E-state index contributed by atoms with van der Waals surface area (Å²) in [6.45, 7) is 2.52. The Bertz CT molecular complexity index is 1340. The molecule has 1 N–H and O–H groups in total. The highest BCUT2D eigenvalue weighted by Gasteiger charge is 2.14. The number of thiazole rings is 1. The lowest BCUT2D eigenvalue weighted by atomic mass is 10.1. The Morgan fingerprint density at radius 1 is 1.23 bits per heavy atom.